The Bertz CT molecular complexity index is 1300. The Morgan fingerprint density at radius 2 is 1.97 bits per heavy atom. The second-order valence-corrected chi connectivity index (χ2v) is 7.37. The summed E-state index contributed by atoms with van der Waals surface area (Å²) in [6.07, 6.45) is -3.49. The van der Waals surface area contributed by atoms with Crippen LogP contribution in [0.1, 0.15) is 15.4 Å². The van der Waals surface area contributed by atoms with Crippen molar-refractivity contribution in [1.82, 2.24) is 15.1 Å². The first kappa shape index (κ1) is 23.7. The number of hydrogen-bond acceptors (Lipinski definition) is 8. The number of rotatable bonds is 4. The fourth-order valence-electron chi connectivity index (χ4n) is 2.58. The minimum Gasteiger partial charge on any atom is -0.480 e. The zero-order valence-corrected chi connectivity index (χ0v) is 17.8. The molecule has 0 aliphatic carbocycles. The number of carbonyl (C=O) groups is 2. The molecule has 4 rings (SSSR count). The van der Waals surface area contributed by atoms with E-state index in [1.165, 1.54) is 18.4 Å². The maximum absolute atomic E-state index is 12.6. The number of ether oxygens (including phenoxy) is 1. The van der Waals surface area contributed by atoms with E-state index < -0.39 is 12.1 Å². The number of benzene rings is 1. The number of nitrogens with zero attached hydrogens (tertiary/aromatic N) is 3. The van der Waals surface area contributed by atoms with Gasteiger partial charge in [-0.05, 0) is 37.3 Å². The molecule has 33 heavy (non-hydrogen) atoms. The number of carboxylic acids is 1. The van der Waals surface area contributed by atoms with Crippen LogP contribution in [0.5, 0.6) is 5.88 Å². The summed E-state index contributed by atoms with van der Waals surface area (Å²) in [5.74, 6) is -2.68. The monoisotopic (exact) mass is 480 g/mol. The lowest BCUT2D eigenvalue weighted by Crippen LogP contribution is -2.21. The van der Waals surface area contributed by atoms with Crippen molar-refractivity contribution in [3.63, 3.8) is 0 Å². The van der Waals surface area contributed by atoms with Gasteiger partial charge in [-0.2, -0.15) is 13.2 Å². The first-order valence-corrected chi connectivity index (χ1v) is 9.90. The van der Waals surface area contributed by atoms with E-state index in [0.29, 0.717) is 28.4 Å². The molecular formula is C20H15F3N4O5S. The topological polar surface area (TPSA) is 127 Å². The smallest absolute Gasteiger partial charge is 0.480 e. The van der Waals surface area contributed by atoms with Gasteiger partial charge in [0.15, 0.2) is 5.58 Å². The molecule has 13 heteroatoms. The summed E-state index contributed by atoms with van der Waals surface area (Å²) in [4.78, 5) is 30.0. The second kappa shape index (κ2) is 9.65. The Morgan fingerprint density at radius 1 is 1.24 bits per heavy atom. The lowest BCUT2D eigenvalue weighted by atomic mass is 10.1. The highest BCUT2D eigenvalue weighted by molar-refractivity contribution is 7.09. The lowest BCUT2D eigenvalue weighted by molar-refractivity contribution is -0.192. The minimum absolute atomic E-state index is 0.278. The third-order valence-corrected chi connectivity index (χ3v) is 4.82. The Morgan fingerprint density at radius 3 is 2.58 bits per heavy atom. The summed E-state index contributed by atoms with van der Waals surface area (Å²) in [6.45, 7) is 1.93. The van der Waals surface area contributed by atoms with Crippen LogP contribution in [0.4, 0.5) is 18.9 Å². The summed E-state index contributed by atoms with van der Waals surface area (Å²) in [5.41, 5.74) is 2.93. The fourth-order valence-corrected chi connectivity index (χ4v) is 3.18. The van der Waals surface area contributed by atoms with E-state index in [1.54, 1.807) is 36.5 Å². The van der Waals surface area contributed by atoms with Crippen LogP contribution in [-0.2, 0) is 4.79 Å². The minimum atomic E-state index is -5.08. The van der Waals surface area contributed by atoms with Gasteiger partial charge in [-0.1, -0.05) is 5.16 Å². The molecule has 0 radical (unpaired) electrons. The van der Waals surface area contributed by atoms with Crippen molar-refractivity contribution in [3.05, 3.63) is 52.5 Å². The van der Waals surface area contributed by atoms with Gasteiger partial charge < -0.3 is 19.7 Å². The predicted octanol–water partition coefficient (Wildman–Crippen LogP) is 4.55. The fraction of sp³-hybridized carbons (Fsp3) is 0.150. The molecule has 0 fully saturated rings. The predicted molar refractivity (Wildman–Crippen MR) is 112 cm³/mol. The Kier molecular flexibility index (Phi) is 6.92. The molecule has 0 saturated heterocycles. The number of fused-ring (bicyclic) bond motifs is 1. The summed E-state index contributed by atoms with van der Waals surface area (Å²) < 4.78 is 42.3. The molecule has 0 aliphatic heterocycles. The average molecular weight is 480 g/mol. The quantitative estimate of drug-likeness (QED) is 0.436. The van der Waals surface area contributed by atoms with Gasteiger partial charge in [0, 0.05) is 17.1 Å². The zero-order chi connectivity index (χ0) is 24.2. The van der Waals surface area contributed by atoms with Crippen molar-refractivity contribution in [2.45, 2.75) is 13.1 Å². The van der Waals surface area contributed by atoms with Crippen molar-refractivity contribution in [1.29, 1.82) is 0 Å². The maximum Gasteiger partial charge on any atom is 0.490 e. The number of alkyl halides is 3. The molecule has 3 heterocycles. The third-order valence-electron chi connectivity index (χ3n) is 4.05. The molecule has 0 bridgehead atoms. The standard InChI is InChI=1S/C18H14N4O3S.C2HF3O2/c1-10-20-14(9-26-10)16-12-8-11(5-6-15(12)25-22-16)17(23)21-13-4-3-7-19-18(13)24-2;3-2(4,5)1(6)7/h3-9H,1-2H3,(H,21,23);(H,6,7). The number of carbonyl (C=O) groups excluding carboxylic acids is 1. The average Bonchev–Trinajstić information content (AvgIpc) is 3.39. The molecule has 0 aliphatic rings. The number of aromatic nitrogens is 3. The Hall–Kier alpha value is -4.00. The summed E-state index contributed by atoms with van der Waals surface area (Å²) in [6, 6.07) is 8.60. The number of pyridine rings is 1. The van der Waals surface area contributed by atoms with Crippen molar-refractivity contribution >= 4 is 39.9 Å². The van der Waals surface area contributed by atoms with Crippen LogP contribution in [0.15, 0.2) is 46.4 Å². The number of aliphatic carboxylic acids is 1. The number of carboxylic acid groups (broad SMARTS) is 1. The first-order valence-electron chi connectivity index (χ1n) is 9.02. The van der Waals surface area contributed by atoms with E-state index in [-0.39, 0.29) is 5.91 Å². The number of anilines is 1. The van der Waals surface area contributed by atoms with E-state index in [1.807, 2.05) is 12.3 Å². The van der Waals surface area contributed by atoms with Crippen molar-refractivity contribution in [3.8, 4) is 17.3 Å². The van der Waals surface area contributed by atoms with E-state index in [9.17, 15) is 18.0 Å². The number of methoxy groups -OCH3 is 1. The van der Waals surface area contributed by atoms with Gasteiger partial charge in [0.2, 0.25) is 5.88 Å². The second-order valence-electron chi connectivity index (χ2n) is 6.31. The molecule has 1 amide bonds. The highest BCUT2D eigenvalue weighted by atomic mass is 32.1. The number of nitrogens with one attached hydrogen (secondary N) is 1. The van der Waals surface area contributed by atoms with Crippen molar-refractivity contribution in [2.75, 3.05) is 12.4 Å². The molecule has 0 saturated carbocycles. The molecule has 0 unspecified atom stereocenters. The van der Waals surface area contributed by atoms with Crippen LogP contribution in [0.2, 0.25) is 0 Å². The third kappa shape index (κ3) is 5.63. The van der Waals surface area contributed by atoms with Gasteiger partial charge in [-0.3, -0.25) is 4.79 Å². The van der Waals surface area contributed by atoms with Crippen LogP contribution < -0.4 is 10.1 Å². The van der Waals surface area contributed by atoms with E-state index in [0.717, 1.165) is 16.1 Å². The van der Waals surface area contributed by atoms with E-state index in [4.69, 9.17) is 19.2 Å². The van der Waals surface area contributed by atoms with Crippen LogP contribution >= 0.6 is 11.3 Å². The number of halogens is 3. The summed E-state index contributed by atoms with van der Waals surface area (Å²) in [7, 11) is 1.50. The van der Waals surface area contributed by atoms with Crippen molar-refractivity contribution in [2.24, 2.45) is 0 Å². The zero-order valence-electron chi connectivity index (χ0n) is 17.0. The van der Waals surface area contributed by atoms with Crippen LogP contribution in [0, 0.1) is 6.92 Å². The van der Waals surface area contributed by atoms with Crippen LogP contribution in [-0.4, -0.2) is 45.4 Å². The molecule has 9 nitrogen and oxygen atoms in total. The number of aryl methyl sites for hydroxylation is 1. The first-order chi connectivity index (χ1) is 15.6. The Balaban J connectivity index is 0.000000383. The SMILES string of the molecule is COc1ncccc1NC(=O)c1ccc2onc(-c3csc(C)n3)c2c1.O=C(O)C(F)(F)F. The van der Waals surface area contributed by atoms with Crippen LogP contribution in [0.25, 0.3) is 22.4 Å². The van der Waals surface area contributed by atoms with E-state index >= 15 is 0 Å². The highest BCUT2D eigenvalue weighted by Crippen LogP contribution is 2.30. The van der Waals surface area contributed by atoms with Gasteiger partial charge in [-0.15, -0.1) is 11.3 Å². The van der Waals surface area contributed by atoms with Gasteiger partial charge in [-0.25, -0.2) is 14.8 Å². The Labute approximate surface area is 187 Å². The maximum atomic E-state index is 12.6. The molecule has 172 valence electrons. The number of hydrogen-bond donors (Lipinski definition) is 2. The largest absolute Gasteiger partial charge is 0.490 e. The summed E-state index contributed by atoms with van der Waals surface area (Å²) in [5, 5.41) is 17.6. The molecule has 1 aromatic carbocycles. The van der Waals surface area contributed by atoms with E-state index in [2.05, 4.69) is 20.4 Å². The lowest BCUT2D eigenvalue weighted by Gasteiger charge is -2.08. The van der Waals surface area contributed by atoms with Gasteiger partial charge in [0.05, 0.1) is 17.5 Å². The summed E-state index contributed by atoms with van der Waals surface area (Å²) >= 11 is 1.53. The van der Waals surface area contributed by atoms with Gasteiger partial charge in [0.1, 0.15) is 17.1 Å². The molecule has 3 aromatic heterocycles. The normalized spacial score (nSPS) is 10.9. The van der Waals surface area contributed by atoms with Gasteiger partial charge in [0.25, 0.3) is 5.91 Å². The molecule has 0 atom stereocenters. The highest BCUT2D eigenvalue weighted by Gasteiger charge is 2.38. The number of thiazole rings is 1. The molecular weight excluding hydrogens is 465 g/mol. The number of amides is 1. The molecule has 0 spiro atoms. The molecule has 4 aromatic rings. The van der Waals surface area contributed by atoms with Crippen LogP contribution in [0.3, 0.4) is 0 Å². The van der Waals surface area contributed by atoms with Crippen molar-refractivity contribution < 1.29 is 37.1 Å². The molecule has 2 N–H and O–H groups in total. The van der Waals surface area contributed by atoms with Gasteiger partial charge >= 0.3 is 12.1 Å².